The molecule has 0 unspecified atom stereocenters. The molecule has 3 aromatic carbocycles. The molecular formula is C22H19N3O3S. The van der Waals surface area contributed by atoms with Crippen molar-refractivity contribution in [2.24, 2.45) is 0 Å². The molecule has 1 heterocycles. The minimum atomic E-state index is -3.48. The van der Waals surface area contributed by atoms with E-state index in [2.05, 4.69) is 15.3 Å². The molecule has 4 rings (SSSR count). The van der Waals surface area contributed by atoms with Crippen LogP contribution in [0.25, 0.3) is 22.4 Å². The number of fused-ring (bicyclic) bond motifs is 1. The number of H-pyrrole nitrogens is 1. The van der Waals surface area contributed by atoms with Gasteiger partial charge in [0.15, 0.2) is 9.84 Å². The monoisotopic (exact) mass is 405 g/mol. The average Bonchev–Trinajstić information content (AvgIpc) is 3.18. The van der Waals surface area contributed by atoms with Crippen LogP contribution in [0.4, 0.5) is 5.69 Å². The molecule has 0 aliphatic heterocycles. The number of carbonyl (C=O) groups is 1. The van der Waals surface area contributed by atoms with E-state index >= 15 is 0 Å². The molecule has 0 saturated heterocycles. The molecule has 1 aromatic heterocycles. The number of nitrogens with one attached hydrogen (secondary N) is 2. The topological polar surface area (TPSA) is 91.9 Å². The molecule has 0 radical (unpaired) electrons. The predicted molar refractivity (Wildman–Crippen MR) is 113 cm³/mol. The lowest BCUT2D eigenvalue weighted by atomic mass is 10.2. The Labute approximate surface area is 168 Å². The van der Waals surface area contributed by atoms with Crippen molar-refractivity contribution in [2.45, 2.75) is 11.3 Å². The smallest absolute Gasteiger partial charge is 0.225 e. The molecule has 0 aliphatic rings. The van der Waals surface area contributed by atoms with E-state index in [1.807, 2.05) is 36.4 Å². The summed E-state index contributed by atoms with van der Waals surface area (Å²) in [5, 5.41) is 2.74. The molecule has 29 heavy (non-hydrogen) atoms. The van der Waals surface area contributed by atoms with Gasteiger partial charge in [-0.2, -0.15) is 0 Å². The summed E-state index contributed by atoms with van der Waals surface area (Å²) in [5.74, 6) is 0.166. The van der Waals surface area contributed by atoms with Crippen molar-refractivity contribution in [3.8, 4) is 11.4 Å². The number of nitrogens with zero attached hydrogens (tertiary/aromatic N) is 1. The first kappa shape index (κ1) is 18.9. The van der Waals surface area contributed by atoms with Gasteiger partial charge < -0.3 is 10.3 Å². The van der Waals surface area contributed by atoms with E-state index in [1.54, 1.807) is 30.3 Å². The zero-order valence-corrected chi connectivity index (χ0v) is 16.3. The molecule has 0 aliphatic carbocycles. The number of hydrogen-bond donors (Lipinski definition) is 2. The van der Waals surface area contributed by atoms with E-state index in [1.165, 1.54) is 12.1 Å². The maximum atomic E-state index is 12.3. The van der Waals surface area contributed by atoms with Crippen molar-refractivity contribution in [3.63, 3.8) is 0 Å². The summed E-state index contributed by atoms with van der Waals surface area (Å²) in [6.07, 6.45) is -0.109. The number of aromatic nitrogens is 2. The highest BCUT2D eigenvalue weighted by Crippen LogP contribution is 2.22. The van der Waals surface area contributed by atoms with Gasteiger partial charge in [-0.1, -0.05) is 30.3 Å². The van der Waals surface area contributed by atoms with Gasteiger partial charge in [-0.25, -0.2) is 13.4 Å². The molecule has 1 amide bonds. The van der Waals surface area contributed by atoms with Gasteiger partial charge >= 0.3 is 0 Å². The Morgan fingerprint density at radius 2 is 1.59 bits per heavy atom. The van der Waals surface area contributed by atoms with Crippen LogP contribution in [0.3, 0.4) is 0 Å². The number of hydrogen-bond acceptors (Lipinski definition) is 4. The molecule has 7 heteroatoms. The fourth-order valence-corrected chi connectivity index (χ4v) is 4.26. The van der Waals surface area contributed by atoms with Crippen LogP contribution in [-0.4, -0.2) is 30.0 Å². The average molecular weight is 405 g/mol. The number of anilines is 1. The van der Waals surface area contributed by atoms with Crippen LogP contribution in [0.2, 0.25) is 0 Å². The van der Waals surface area contributed by atoms with Crippen molar-refractivity contribution in [3.05, 3.63) is 78.9 Å². The third kappa shape index (κ3) is 4.35. The lowest BCUT2D eigenvalue weighted by molar-refractivity contribution is -0.115. The van der Waals surface area contributed by atoms with E-state index < -0.39 is 9.84 Å². The normalized spacial score (nSPS) is 11.4. The van der Waals surface area contributed by atoms with Crippen molar-refractivity contribution in [1.82, 2.24) is 9.97 Å². The molecule has 0 spiro atoms. The second kappa shape index (κ2) is 7.89. The SMILES string of the molecule is O=C(CCS(=O)(=O)c1ccccc1)Nc1ccc(-c2nc3ccccc3[nH]2)cc1. The van der Waals surface area contributed by atoms with Crippen molar-refractivity contribution >= 4 is 32.5 Å². The van der Waals surface area contributed by atoms with Crippen molar-refractivity contribution < 1.29 is 13.2 Å². The van der Waals surface area contributed by atoms with Crippen LogP contribution < -0.4 is 5.32 Å². The van der Waals surface area contributed by atoms with Gasteiger partial charge in [0, 0.05) is 17.7 Å². The van der Waals surface area contributed by atoms with Gasteiger partial charge in [0.25, 0.3) is 0 Å². The number of amides is 1. The minimum Gasteiger partial charge on any atom is -0.338 e. The van der Waals surface area contributed by atoms with Gasteiger partial charge in [-0.3, -0.25) is 4.79 Å². The van der Waals surface area contributed by atoms with Crippen LogP contribution in [0, 0.1) is 0 Å². The Hall–Kier alpha value is -3.45. The minimum absolute atomic E-state index is 0.109. The maximum Gasteiger partial charge on any atom is 0.225 e. The third-order valence-corrected chi connectivity index (χ3v) is 6.26. The van der Waals surface area contributed by atoms with Crippen LogP contribution in [0.15, 0.2) is 83.8 Å². The number of para-hydroxylation sites is 2. The molecule has 4 aromatic rings. The summed E-state index contributed by atoms with van der Waals surface area (Å²) in [6.45, 7) is 0. The van der Waals surface area contributed by atoms with Crippen LogP contribution >= 0.6 is 0 Å². The molecular weight excluding hydrogens is 386 g/mol. The maximum absolute atomic E-state index is 12.3. The zero-order valence-electron chi connectivity index (χ0n) is 15.5. The number of sulfone groups is 1. The highest BCUT2D eigenvalue weighted by Gasteiger charge is 2.16. The van der Waals surface area contributed by atoms with Crippen LogP contribution in [-0.2, 0) is 14.6 Å². The number of imidazole rings is 1. The van der Waals surface area contributed by atoms with Gasteiger partial charge in [-0.15, -0.1) is 0 Å². The standard InChI is InChI=1S/C22H19N3O3S/c26-21(14-15-29(27,28)18-6-2-1-3-7-18)23-17-12-10-16(11-13-17)22-24-19-8-4-5-9-20(19)25-22/h1-13H,14-15H2,(H,23,26)(H,24,25). The first-order valence-corrected chi connectivity index (χ1v) is 10.8. The van der Waals surface area contributed by atoms with Crippen LogP contribution in [0.1, 0.15) is 6.42 Å². The summed E-state index contributed by atoms with van der Waals surface area (Å²) < 4.78 is 24.5. The summed E-state index contributed by atoms with van der Waals surface area (Å²) >= 11 is 0. The van der Waals surface area contributed by atoms with Crippen LogP contribution in [0.5, 0.6) is 0 Å². The molecule has 0 saturated carbocycles. The summed E-state index contributed by atoms with van der Waals surface area (Å²) in [7, 11) is -3.48. The molecule has 146 valence electrons. The molecule has 0 bridgehead atoms. The number of aromatic amines is 1. The lowest BCUT2D eigenvalue weighted by Crippen LogP contribution is -2.17. The van der Waals surface area contributed by atoms with Gasteiger partial charge in [0.05, 0.1) is 21.7 Å². The van der Waals surface area contributed by atoms with E-state index in [9.17, 15) is 13.2 Å². The van der Waals surface area contributed by atoms with Gasteiger partial charge in [0.2, 0.25) is 5.91 Å². The van der Waals surface area contributed by atoms with Crippen molar-refractivity contribution in [2.75, 3.05) is 11.1 Å². The second-order valence-corrected chi connectivity index (χ2v) is 8.72. The number of rotatable bonds is 6. The fourth-order valence-electron chi connectivity index (χ4n) is 3.00. The first-order chi connectivity index (χ1) is 14.0. The predicted octanol–water partition coefficient (Wildman–Crippen LogP) is 4.03. The second-order valence-electron chi connectivity index (χ2n) is 6.61. The Balaban J connectivity index is 1.39. The Morgan fingerprint density at radius 1 is 0.897 bits per heavy atom. The van der Waals surface area contributed by atoms with Gasteiger partial charge in [0.1, 0.15) is 5.82 Å². The highest BCUT2D eigenvalue weighted by molar-refractivity contribution is 7.91. The fraction of sp³-hybridized carbons (Fsp3) is 0.0909. The largest absolute Gasteiger partial charge is 0.338 e. The Kier molecular flexibility index (Phi) is 5.14. The summed E-state index contributed by atoms with van der Waals surface area (Å²) in [4.78, 5) is 20.2. The highest BCUT2D eigenvalue weighted by atomic mass is 32.2. The molecule has 2 N–H and O–H groups in total. The van der Waals surface area contributed by atoms with E-state index in [0.717, 1.165) is 22.4 Å². The van der Waals surface area contributed by atoms with E-state index in [4.69, 9.17) is 0 Å². The quantitative estimate of drug-likeness (QED) is 0.507. The third-order valence-electron chi connectivity index (χ3n) is 4.53. The number of benzene rings is 3. The first-order valence-electron chi connectivity index (χ1n) is 9.14. The molecule has 0 atom stereocenters. The zero-order chi connectivity index (χ0) is 20.3. The summed E-state index contributed by atoms with van der Waals surface area (Å²) in [5.41, 5.74) is 3.34. The Bertz CT molecular complexity index is 1210. The lowest BCUT2D eigenvalue weighted by Gasteiger charge is -2.07. The van der Waals surface area contributed by atoms with E-state index in [0.29, 0.717) is 5.69 Å². The molecule has 6 nitrogen and oxygen atoms in total. The Morgan fingerprint density at radius 3 is 2.31 bits per heavy atom. The molecule has 0 fully saturated rings. The number of carbonyl (C=O) groups excluding carboxylic acids is 1. The summed E-state index contributed by atoms with van der Waals surface area (Å²) in [6, 6.07) is 23.2. The van der Waals surface area contributed by atoms with Gasteiger partial charge in [-0.05, 0) is 48.5 Å². The van der Waals surface area contributed by atoms with E-state index in [-0.39, 0.29) is 23.0 Å². The van der Waals surface area contributed by atoms with Crippen molar-refractivity contribution in [1.29, 1.82) is 0 Å².